The van der Waals surface area contributed by atoms with Gasteiger partial charge in [0.15, 0.2) is 0 Å². The van der Waals surface area contributed by atoms with Crippen LogP contribution in [-0.4, -0.2) is 24.5 Å². The molecular formula is C32H25IrN5O-2. The van der Waals surface area contributed by atoms with Gasteiger partial charge in [-0.25, -0.2) is 9.97 Å². The fourth-order valence-corrected chi connectivity index (χ4v) is 4.27. The maximum absolute atomic E-state index is 7.88. The summed E-state index contributed by atoms with van der Waals surface area (Å²) < 4.78 is 15.6. The van der Waals surface area contributed by atoms with Crippen molar-refractivity contribution in [3.05, 3.63) is 114 Å². The van der Waals surface area contributed by atoms with Gasteiger partial charge in [-0.3, -0.25) is 0 Å². The van der Waals surface area contributed by atoms with Gasteiger partial charge in [-0.2, -0.15) is 18.2 Å². The summed E-state index contributed by atoms with van der Waals surface area (Å²) in [6, 6.07) is 25.8. The molecule has 0 unspecified atom stereocenters. The van der Waals surface area contributed by atoms with E-state index in [1.54, 1.807) is 10.8 Å². The van der Waals surface area contributed by atoms with Crippen molar-refractivity contribution in [3.63, 3.8) is 0 Å². The van der Waals surface area contributed by atoms with Crippen LogP contribution in [0.3, 0.4) is 0 Å². The Bertz CT molecular complexity index is 1980. The molecule has 7 heteroatoms. The molecule has 1 radical (unpaired) electrons. The standard InChI is InChI=1S/C19H15N2O.C13H10N3.Ir/c1-11-9-17(20-10-12(11)2)16-6-4-5-14-15-8-7-13(3)21-19(15)22-18(14)16;1-10-6-7-13(14-8-10)16-9-15-11-4-2-3-5-12(11)16;/h4-5,7-10H,1-3H3;2-4,6-9H,1H3;/q2*-1;/i;9D;. The first-order valence-electron chi connectivity index (χ1n) is 12.8. The minimum Gasteiger partial charge on any atom is -0.486 e. The first-order valence-corrected chi connectivity index (χ1v) is 12.3. The SMILES string of the molecule is Cc1ccc2c(n1)oc1c(-c3cc(C)c(C)cn3)[c-]ccc12.[2H]c1nc2ccc[c-]c2n1-c1ccc(C)cn1.[Ir]. The van der Waals surface area contributed by atoms with E-state index in [1.165, 1.54) is 11.1 Å². The monoisotopic (exact) mass is 689 g/mol. The predicted octanol–water partition coefficient (Wildman–Crippen LogP) is 7.30. The molecule has 7 aromatic rings. The molecule has 5 aromatic heterocycles. The average molecular weight is 689 g/mol. The van der Waals surface area contributed by atoms with Gasteiger partial charge in [0.25, 0.3) is 0 Å². The summed E-state index contributed by atoms with van der Waals surface area (Å²) in [4.78, 5) is 17.5. The largest absolute Gasteiger partial charge is 0.486 e. The third-order valence-corrected chi connectivity index (χ3v) is 6.50. The van der Waals surface area contributed by atoms with Crippen molar-refractivity contribution in [2.24, 2.45) is 0 Å². The molecule has 0 aliphatic heterocycles. The Morgan fingerprint density at radius 1 is 0.846 bits per heavy atom. The second-order valence-electron chi connectivity index (χ2n) is 9.30. The van der Waals surface area contributed by atoms with E-state index in [4.69, 9.17) is 5.79 Å². The van der Waals surface area contributed by atoms with E-state index in [9.17, 15) is 0 Å². The van der Waals surface area contributed by atoms with E-state index in [1.807, 2.05) is 68.6 Å². The average Bonchev–Trinajstić information content (AvgIpc) is 3.47. The van der Waals surface area contributed by atoms with Gasteiger partial charge in [-0.1, -0.05) is 28.6 Å². The van der Waals surface area contributed by atoms with E-state index in [2.05, 4.69) is 58.0 Å². The molecule has 0 atom stereocenters. The fourth-order valence-electron chi connectivity index (χ4n) is 4.27. The van der Waals surface area contributed by atoms with Crippen LogP contribution in [0.15, 0.2) is 83.8 Å². The number of aryl methyl sites for hydroxylation is 4. The van der Waals surface area contributed by atoms with E-state index in [0.717, 1.165) is 49.9 Å². The number of hydrogen-bond acceptors (Lipinski definition) is 5. The molecule has 5 heterocycles. The summed E-state index contributed by atoms with van der Waals surface area (Å²) >= 11 is 0. The Morgan fingerprint density at radius 2 is 1.72 bits per heavy atom. The van der Waals surface area contributed by atoms with Gasteiger partial charge in [0.2, 0.25) is 5.71 Å². The van der Waals surface area contributed by atoms with Crippen LogP contribution in [0, 0.1) is 39.8 Å². The van der Waals surface area contributed by atoms with Crippen molar-refractivity contribution in [2.45, 2.75) is 27.7 Å². The van der Waals surface area contributed by atoms with Gasteiger partial charge in [-0.15, -0.1) is 24.3 Å². The molecule has 0 N–H and O–H groups in total. The van der Waals surface area contributed by atoms with Crippen LogP contribution in [0.25, 0.3) is 50.2 Å². The van der Waals surface area contributed by atoms with Crippen LogP contribution >= 0.6 is 0 Å². The molecule has 0 aliphatic carbocycles. The summed E-state index contributed by atoms with van der Waals surface area (Å²) in [5.41, 5.74) is 9.20. The number of nitrogens with zero attached hydrogens (tertiary/aromatic N) is 5. The Kier molecular flexibility index (Phi) is 7.01. The Morgan fingerprint density at radius 3 is 2.51 bits per heavy atom. The van der Waals surface area contributed by atoms with E-state index in [-0.39, 0.29) is 26.4 Å². The number of pyridine rings is 3. The van der Waals surface area contributed by atoms with Crippen molar-refractivity contribution in [3.8, 4) is 17.1 Å². The van der Waals surface area contributed by atoms with Gasteiger partial charge in [0.1, 0.15) is 7.19 Å². The quantitative estimate of drug-likeness (QED) is 0.179. The molecule has 0 bridgehead atoms. The zero-order chi connectivity index (χ0) is 27.1. The van der Waals surface area contributed by atoms with Gasteiger partial charge < -0.3 is 19.0 Å². The summed E-state index contributed by atoms with van der Waals surface area (Å²) in [5.74, 6) is 0.700. The maximum atomic E-state index is 7.88. The number of aromatic nitrogens is 5. The van der Waals surface area contributed by atoms with Gasteiger partial charge in [0, 0.05) is 43.6 Å². The number of rotatable bonds is 2. The fraction of sp³-hybridized carbons (Fsp3) is 0.125. The second kappa shape index (κ2) is 10.9. The van der Waals surface area contributed by atoms with Gasteiger partial charge in [0.05, 0.1) is 11.9 Å². The second-order valence-corrected chi connectivity index (χ2v) is 9.30. The van der Waals surface area contributed by atoms with Gasteiger partial charge >= 0.3 is 0 Å². The van der Waals surface area contributed by atoms with E-state index in [0.29, 0.717) is 11.5 Å². The van der Waals surface area contributed by atoms with Crippen molar-refractivity contribution in [2.75, 3.05) is 0 Å². The summed E-state index contributed by atoms with van der Waals surface area (Å²) in [6.07, 6.45) is 3.85. The molecule has 39 heavy (non-hydrogen) atoms. The van der Waals surface area contributed by atoms with Crippen molar-refractivity contribution in [1.82, 2.24) is 24.5 Å². The molecule has 2 aromatic carbocycles. The zero-order valence-electron chi connectivity index (χ0n) is 22.9. The summed E-state index contributed by atoms with van der Waals surface area (Å²) in [6.45, 7) is 8.09. The Balaban J connectivity index is 0.000000162. The third-order valence-electron chi connectivity index (χ3n) is 6.50. The van der Waals surface area contributed by atoms with Crippen LogP contribution in [0.5, 0.6) is 0 Å². The zero-order valence-corrected chi connectivity index (χ0v) is 24.3. The van der Waals surface area contributed by atoms with Gasteiger partial charge in [-0.05, 0) is 73.7 Å². The Hall–Kier alpha value is -4.19. The molecule has 0 saturated heterocycles. The van der Waals surface area contributed by atoms with Crippen molar-refractivity contribution in [1.29, 1.82) is 0 Å². The molecule has 0 saturated carbocycles. The molecular weight excluding hydrogens is 663 g/mol. The van der Waals surface area contributed by atoms with Crippen LogP contribution < -0.4 is 0 Å². The molecule has 0 aliphatic rings. The van der Waals surface area contributed by atoms with Crippen molar-refractivity contribution >= 4 is 33.1 Å². The van der Waals surface area contributed by atoms with E-state index >= 15 is 0 Å². The topological polar surface area (TPSA) is 69.6 Å². The van der Waals surface area contributed by atoms with Crippen LogP contribution in [-0.2, 0) is 20.1 Å². The summed E-state index contributed by atoms with van der Waals surface area (Å²) in [7, 11) is 0. The van der Waals surface area contributed by atoms with Crippen LogP contribution in [0.2, 0.25) is 0 Å². The third kappa shape index (κ3) is 5.11. The minimum atomic E-state index is 0. The van der Waals surface area contributed by atoms with Crippen molar-refractivity contribution < 1.29 is 25.9 Å². The number of para-hydroxylation sites is 1. The first kappa shape index (κ1) is 25.1. The molecule has 0 amide bonds. The number of benzene rings is 2. The normalized spacial score (nSPS) is 11.2. The number of furan rings is 1. The molecule has 6 nitrogen and oxygen atoms in total. The number of fused-ring (bicyclic) bond motifs is 4. The maximum Gasteiger partial charge on any atom is 0.216 e. The minimum absolute atomic E-state index is 0. The Labute approximate surface area is 241 Å². The smallest absolute Gasteiger partial charge is 0.216 e. The number of imidazole rings is 1. The first-order chi connectivity index (χ1) is 18.9. The molecule has 0 spiro atoms. The molecule has 7 rings (SSSR count). The predicted molar refractivity (Wildman–Crippen MR) is 150 cm³/mol. The molecule has 0 fully saturated rings. The van der Waals surface area contributed by atoms with Crippen LogP contribution in [0.1, 0.15) is 23.8 Å². The number of hydrogen-bond donors (Lipinski definition) is 0. The van der Waals surface area contributed by atoms with Crippen LogP contribution in [0.4, 0.5) is 0 Å². The summed E-state index contributed by atoms with van der Waals surface area (Å²) in [5, 5.41) is 2.08. The molecule has 195 valence electrons. The van der Waals surface area contributed by atoms with E-state index < -0.39 is 0 Å².